The van der Waals surface area contributed by atoms with Gasteiger partial charge in [-0.25, -0.2) is 0 Å². The van der Waals surface area contributed by atoms with Crippen molar-refractivity contribution < 1.29 is 42.5 Å². The number of unbranched alkanes of at least 4 members (excludes halogenated alkanes) is 15. The molecule has 0 aliphatic carbocycles. The van der Waals surface area contributed by atoms with Crippen LogP contribution in [0.3, 0.4) is 0 Å². The van der Waals surface area contributed by atoms with Crippen molar-refractivity contribution in [3.05, 3.63) is 0 Å². The van der Waals surface area contributed by atoms with Gasteiger partial charge in [0, 0.05) is 20.8 Å². The fraction of sp³-hybridized carbons (Fsp3) is 1.00. The Hall–Kier alpha value is 0.180. The van der Waals surface area contributed by atoms with Gasteiger partial charge in [-0.15, -0.1) is 0 Å². The Labute approximate surface area is 213 Å². The topological polar surface area (TPSA) is 132 Å². The van der Waals surface area contributed by atoms with Crippen LogP contribution in [-0.2, 0) is 27.7 Å². The van der Waals surface area contributed by atoms with E-state index in [0.717, 1.165) is 20.0 Å². The van der Waals surface area contributed by atoms with E-state index in [4.69, 9.17) is 23.8 Å². The van der Waals surface area contributed by atoms with E-state index in [9.17, 15) is 14.2 Å². The quantitative estimate of drug-likeness (QED) is 0.0812. The second-order valence-electron chi connectivity index (χ2n) is 9.19. The molecular weight excluding hydrogens is 494 g/mol. The third-order valence-electron chi connectivity index (χ3n) is 6.06. The number of rotatable bonds is 26. The molecule has 0 amide bonds. The number of aliphatic hydroxyl groups is 1. The van der Waals surface area contributed by atoms with Crippen LogP contribution in [0.1, 0.15) is 110 Å². The largest absolute Gasteiger partial charge is 0.379 e. The molecule has 0 bridgehead atoms. The zero-order chi connectivity index (χ0) is 26.4. The van der Waals surface area contributed by atoms with Crippen LogP contribution in [0.25, 0.3) is 0 Å². The average Bonchev–Trinajstić information content (AvgIpc) is 2.83. The Morgan fingerprint density at radius 1 is 0.686 bits per heavy atom. The lowest BCUT2D eigenvalue weighted by Gasteiger charge is -2.24. The highest BCUT2D eigenvalue weighted by molar-refractivity contribution is 7.71. The van der Waals surface area contributed by atoms with Crippen molar-refractivity contribution in [3.63, 3.8) is 0 Å². The Bertz CT molecular complexity index is 571. The van der Waals surface area contributed by atoms with E-state index in [1.165, 1.54) is 97.0 Å². The van der Waals surface area contributed by atoms with Crippen molar-refractivity contribution in [1.82, 2.24) is 0 Å². The van der Waals surface area contributed by atoms with Crippen LogP contribution >= 0.6 is 15.2 Å². The summed E-state index contributed by atoms with van der Waals surface area (Å²) in [6.07, 6.45) is 20.3. The minimum Gasteiger partial charge on any atom is -0.379 e. The Kier molecular flexibility index (Phi) is 22.3. The lowest BCUT2D eigenvalue weighted by atomic mass is 10.0. The van der Waals surface area contributed by atoms with Crippen LogP contribution in [0.2, 0.25) is 0 Å². The van der Waals surface area contributed by atoms with E-state index in [-0.39, 0.29) is 13.2 Å². The normalized spacial score (nSPS) is 15.7. The van der Waals surface area contributed by atoms with Gasteiger partial charge in [0.2, 0.25) is 0 Å². The molecule has 0 aromatic carbocycles. The van der Waals surface area contributed by atoms with Gasteiger partial charge in [0.25, 0.3) is 5.59 Å². The lowest BCUT2D eigenvalue weighted by Crippen LogP contribution is -2.25. The fourth-order valence-electron chi connectivity index (χ4n) is 3.74. The number of ether oxygens (including phenoxy) is 2. The lowest BCUT2D eigenvalue weighted by molar-refractivity contribution is -0.0188. The first-order chi connectivity index (χ1) is 16.7. The third-order valence-corrected chi connectivity index (χ3v) is 9.99. The van der Waals surface area contributed by atoms with Crippen molar-refractivity contribution in [2.45, 2.75) is 121 Å². The molecule has 0 aromatic heterocycles. The monoisotopic (exact) mass is 546 g/mol. The van der Waals surface area contributed by atoms with Crippen molar-refractivity contribution in [3.8, 4) is 0 Å². The minimum atomic E-state index is -5.05. The highest BCUT2D eigenvalue weighted by Crippen LogP contribution is 2.64. The van der Waals surface area contributed by atoms with E-state index in [0.29, 0.717) is 6.61 Å². The fourth-order valence-corrected chi connectivity index (χ4v) is 6.49. The first-order valence-corrected chi connectivity index (χ1v) is 16.6. The van der Waals surface area contributed by atoms with Crippen LogP contribution in [0.5, 0.6) is 0 Å². The van der Waals surface area contributed by atoms with Crippen LogP contribution in [-0.4, -0.2) is 60.6 Å². The molecule has 212 valence electrons. The summed E-state index contributed by atoms with van der Waals surface area (Å²) in [4.78, 5) is 18.0. The Morgan fingerprint density at radius 2 is 1.11 bits per heavy atom. The minimum absolute atomic E-state index is 0.172. The summed E-state index contributed by atoms with van der Waals surface area (Å²) in [5.41, 5.74) is -2.54. The molecule has 35 heavy (non-hydrogen) atoms. The molecule has 0 aliphatic rings. The van der Waals surface area contributed by atoms with Gasteiger partial charge in [-0.3, -0.25) is 9.13 Å². The molecular formula is C24H52O9P2. The number of hydrogen-bond acceptors (Lipinski definition) is 7. The Morgan fingerprint density at radius 3 is 1.49 bits per heavy atom. The molecule has 0 spiro atoms. The summed E-state index contributed by atoms with van der Waals surface area (Å²) in [7, 11) is -7.08. The summed E-state index contributed by atoms with van der Waals surface area (Å²) in [5, 5.41) is 9.58. The predicted molar refractivity (Wildman–Crippen MR) is 140 cm³/mol. The van der Waals surface area contributed by atoms with Gasteiger partial charge in [0.15, 0.2) is 0 Å². The van der Waals surface area contributed by atoms with Gasteiger partial charge in [-0.05, 0) is 6.42 Å². The van der Waals surface area contributed by atoms with Crippen LogP contribution < -0.4 is 0 Å². The SMILES string of the molecule is CCCCCCCCCCCCCCCCCCOC[C@H](COP(=O)(OC)C(O)P(=O)(O)O)OC. The third kappa shape index (κ3) is 19.0. The zero-order valence-electron chi connectivity index (χ0n) is 22.3. The van der Waals surface area contributed by atoms with Gasteiger partial charge in [-0.1, -0.05) is 103 Å². The molecule has 2 unspecified atom stereocenters. The summed E-state index contributed by atoms with van der Waals surface area (Å²) in [6.45, 7) is 2.70. The maximum atomic E-state index is 12.3. The molecule has 3 N–H and O–H groups in total. The van der Waals surface area contributed by atoms with Crippen molar-refractivity contribution in [2.24, 2.45) is 0 Å². The van der Waals surface area contributed by atoms with Crippen LogP contribution in [0, 0.1) is 0 Å². The van der Waals surface area contributed by atoms with Gasteiger partial charge in [-0.2, -0.15) is 0 Å². The highest BCUT2D eigenvalue weighted by atomic mass is 31.2. The van der Waals surface area contributed by atoms with Crippen LogP contribution in [0.15, 0.2) is 0 Å². The number of methoxy groups -OCH3 is 1. The van der Waals surface area contributed by atoms with E-state index < -0.39 is 26.9 Å². The molecule has 3 atom stereocenters. The summed E-state index contributed by atoms with van der Waals surface area (Å²) < 4.78 is 43.8. The maximum absolute atomic E-state index is 12.3. The van der Waals surface area contributed by atoms with Crippen molar-refractivity contribution >= 4 is 15.2 Å². The molecule has 0 heterocycles. The second-order valence-corrected chi connectivity index (χ2v) is 13.5. The first-order valence-electron chi connectivity index (χ1n) is 13.3. The van der Waals surface area contributed by atoms with E-state index in [1.54, 1.807) is 0 Å². The average molecular weight is 547 g/mol. The predicted octanol–water partition coefficient (Wildman–Crippen LogP) is 6.59. The molecule has 0 radical (unpaired) electrons. The molecule has 0 aromatic rings. The van der Waals surface area contributed by atoms with Crippen LogP contribution in [0.4, 0.5) is 0 Å². The van der Waals surface area contributed by atoms with E-state index >= 15 is 0 Å². The highest BCUT2D eigenvalue weighted by Gasteiger charge is 2.46. The van der Waals surface area contributed by atoms with Gasteiger partial charge < -0.3 is 33.4 Å². The molecule has 0 aliphatic heterocycles. The molecule has 11 heteroatoms. The second kappa shape index (κ2) is 22.2. The number of aliphatic hydroxyl groups excluding tert-OH is 1. The van der Waals surface area contributed by atoms with Gasteiger partial charge >= 0.3 is 15.2 Å². The standard InChI is InChI=1S/C24H52O9P2/c1-4-5-6-7-8-9-10-11-12-13-14-15-16-17-18-19-20-32-21-23(30-2)22-33-35(29,31-3)24(25)34(26,27)28/h23-25H,4-22H2,1-3H3,(H2,26,27,28)/t23-,24?,35?/m1/s1. The molecule has 9 nitrogen and oxygen atoms in total. The molecule has 0 saturated carbocycles. The first kappa shape index (κ1) is 35.2. The summed E-state index contributed by atoms with van der Waals surface area (Å²) in [5.74, 6) is 0. The maximum Gasteiger partial charge on any atom is 0.371 e. The van der Waals surface area contributed by atoms with Gasteiger partial charge in [0.1, 0.15) is 6.10 Å². The molecule has 0 saturated heterocycles. The van der Waals surface area contributed by atoms with Gasteiger partial charge in [0.05, 0.1) is 13.2 Å². The summed E-state index contributed by atoms with van der Waals surface area (Å²) in [6, 6.07) is 0. The molecule has 0 fully saturated rings. The zero-order valence-corrected chi connectivity index (χ0v) is 24.1. The smallest absolute Gasteiger partial charge is 0.371 e. The van der Waals surface area contributed by atoms with E-state index in [1.807, 2.05) is 0 Å². The molecule has 0 rings (SSSR count). The van der Waals surface area contributed by atoms with Crippen molar-refractivity contribution in [1.29, 1.82) is 0 Å². The Balaban J connectivity index is 3.64. The summed E-state index contributed by atoms with van der Waals surface area (Å²) >= 11 is 0. The van der Waals surface area contributed by atoms with Crippen molar-refractivity contribution in [2.75, 3.05) is 34.0 Å². The number of hydrogen-bond donors (Lipinski definition) is 3. The van der Waals surface area contributed by atoms with E-state index in [2.05, 4.69) is 11.4 Å².